The van der Waals surface area contributed by atoms with Crippen LogP contribution in [0.4, 0.5) is 11.4 Å². The maximum Gasteiger partial charge on any atom is 0.258 e. The first kappa shape index (κ1) is 42.2. The zero-order valence-electron chi connectivity index (χ0n) is 33.4. The van der Waals surface area contributed by atoms with Crippen LogP contribution < -0.4 is 24.4 Å². The number of nitrogens with one attached hydrogen (secondary N) is 1. The fraction of sp³-hybridized carbons (Fsp3) is 0.400. The van der Waals surface area contributed by atoms with Crippen LogP contribution in [-0.4, -0.2) is 94.3 Å². The average Bonchev–Trinajstić information content (AvgIpc) is 3.23. The summed E-state index contributed by atoms with van der Waals surface area (Å²) >= 11 is 5.88. The number of hydrogen-bond acceptors (Lipinski definition) is 8. The monoisotopic (exact) mass is 780 g/mol. The van der Waals surface area contributed by atoms with Crippen LogP contribution in [0, 0.1) is 5.92 Å². The maximum atomic E-state index is 13.8. The molecule has 4 aromatic rings. The van der Waals surface area contributed by atoms with Crippen LogP contribution in [0.2, 0.25) is 0 Å². The fourth-order valence-electron chi connectivity index (χ4n) is 6.61. The van der Waals surface area contributed by atoms with Crippen molar-refractivity contribution in [2.24, 2.45) is 5.92 Å². The number of aryl methyl sites for hydroxylation is 1. The van der Waals surface area contributed by atoms with Gasteiger partial charge in [-0.05, 0) is 92.2 Å². The van der Waals surface area contributed by atoms with Gasteiger partial charge in [-0.15, -0.1) is 0 Å². The summed E-state index contributed by atoms with van der Waals surface area (Å²) < 4.78 is 23.1. The molecule has 1 unspecified atom stereocenters. The molecule has 0 bridgehead atoms. The van der Waals surface area contributed by atoms with Gasteiger partial charge in [-0.1, -0.05) is 67.7 Å². The second-order valence-corrected chi connectivity index (χ2v) is 14.7. The van der Waals surface area contributed by atoms with Gasteiger partial charge < -0.3 is 39.0 Å². The van der Waals surface area contributed by atoms with Crippen LogP contribution >= 0.6 is 12.2 Å². The van der Waals surface area contributed by atoms with Crippen LogP contribution in [0.25, 0.3) is 0 Å². The molecule has 0 aromatic heterocycles. The lowest BCUT2D eigenvalue weighted by atomic mass is 10.0. The van der Waals surface area contributed by atoms with Crippen molar-refractivity contribution in [2.75, 3.05) is 77.9 Å². The first-order chi connectivity index (χ1) is 27.2. The summed E-state index contributed by atoms with van der Waals surface area (Å²) in [6.07, 6.45) is 3.83. The summed E-state index contributed by atoms with van der Waals surface area (Å²) in [5, 5.41) is 3.35. The quantitative estimate of drug-likeness (QED) is 0.0754. The molecule has 1 aliphatic rings. The van der Waals surface area contributed by atoms with Crippen molar-refractivity contribution in [2.45, 2.75) is 45.6 Å². The van der Waals surface area contributed by atoms with E-state index < -0.39 is 0 Å². The second-order valence-electron chi connectivity index (χ2n) is 14.3. The van der Waals surface area contributed by atoms with E-state index in [9.17, 15) is 9.59 Å². The number of thiocarbonyl (C=S) groups is 1. The van der Waals surface area contributed by atoms with E-state index in [4.69, 9.17) is 31.2 Å². The number of benzene rings is 4. The maximum absolute atomic E-state index is 13.8. The number of nitrogens with zero attached hydrogens (tertiary/aromatic N) is 3. The molecule has 1 heterocycles. The molecule has 5 rings (SSSR count). The molecule has 1 aliphatic heterocycles. The highest BCUT2D eigenvalue weighted by atomic mass is 32.1. The number of carbonyl (C=O) groups excluding carboxylic acids is 2. The number of anilines is 2. The number of amides is 2. The molecule has 1 atom stereocenters. The smallest absolute Gasteiger partial charge is 0.258 e. The summed E-state index contributed by atoms with van der Waals surface area (Å²) in [7, 11) is 7.07. The molecule has 10 nitrogen and oxygen atoms in total. The van der Waals surface area contributed by atoms with E-state index in [-0.39, 0.29) is 11.8 Å². The first-order valence-corrected chi connectivity index (χ1v) is 19.8. The SMILES string of the molecule is COc1ccc(COCCCc2ccccc2C(=S)Nc2ccc(C(=O)N(C)c3ccccc3OCCC(C)CCC(=O)N3CCN(C)CC3)cc2OC)cc1. The first-order valence-electron chi connectivity index (χ1n) is 19.4. The van der Waals surface area contributed by atoms with Crippen LogP contribution in [-0.2, 0) is 22.6 Å². The Morgan fingerprint density at radius 3 is 2.34 bits per heavy atom. The van der Waals surface area contributed by atoms with Crippen molar-refractivity contribution in [3.8, 4) is 17.2 Å². The molecule has 11 heteroatoms. The number of piperazine rings is 1. The minimum absolute atomic E-state index is 0.205. The molecule has 0 saturated carbocycles. The minimum atomic E-state index is -0.205. The summed E-state index contributed by atoms with van der Waals surface area (Å²) in [4.78, 5) is 32.9. The van der Waals surface area contributed by atoms with Crippen molar-refractivity contribution in [3.05, 3.63) is 113 Å². The lowest BCUT2D eigenvalue weighted by molar-refractivity contribution is -0.133. The molecule has 4 aromatic carbocycles. The van der Waals surface area contributed by atoms with Gasteiger partial charge in [-0.3, -0.25) is 9.59 Å². The van der Waals surface area contributed by atoms with Crippen molar-refractivity contribution < 1.29 is 28.5 Å². The molecule has 56 heavy (non-hydrogen) atoms. The molecule has 1 N–H and O–H groups in total. The van der Waals surface area contributed by atoms with Crippen molar-refractivity contribution in [1.29, 1.82) is 0 Å². The second kappa shape index (κ2) is 21.4. The van der Waals surface area contributed by atoms with Crippen LogP contribution in [0.1, 0.15) is 59.7 Å². The van der Waals surface area contributed by atoms with Gasteiger partial charge >= 0.3 is 0 Å². The molecule has 1 fully saturated rings. The lowest BCUT2D eigenvalue weighted by Crippen LogP contribution is -2.47. The van der Waals surface area contributed by atoms with E-state index in [1.54, 1.807) is 38.3 Å². The van der Waals surface area contributed by atoms with E-state index in [2.05, 4.69) is 30.3 Å². The number of rotatable bonds is 19. The number of para-hydroxylation sites is 2. The Kier molecular flexibility index (Phi) is 16.1. The highest BCUT2D eigenvalue weighted by Crippen LogP contribution is 2.32. The van der Waals surface area contributed by atoms with Gasteiger partial charge in [0.2, 0.25) is 5.91 Å². The normalized spacial score (nSPS) is 13.5. The lowest BCUT2D eigenvalue weighted by Gasteiger charge is -2.32. The number of methoxy groups -OCH3 is 2. The Bertz CT molecular complexity index is 1900. The van der Waals surface area contributed by atoms with Crippen molar-refractivity contribution in [3.63, 3.8) is 0 Å². The third kappa shape index (κ3) is 12.0. The standard InChI is InChI=1S/C45H56N4O6S/c1-33(16-23-43(50)49-27-25-47(2)26-28-49)24-30-55-41-15-9-8-14-40(41)48(3)45(51)36-19-22-39(42(31-36)53-5)46-44(56)38-13-7-6-11-35(38)12-10-29-54-32-34-17-20-37(52-4)21-18-34/h6-9,11,13-15,17-22,31,33H,10,12,16,23-30,32H2,1-5H3,(H,46,56). The highest BCUT2D eigenvalue weighted by molar-refractivity contribution is 7.81. The van der Waals surface area contributed by atoms with Crippen LogP contribution in [0.5, 0.6) is 17.2 Å². The zero-order chi connectivity index (χ0) is 39.9. The molecule has 0 aliphatic carbocycles. The van der Waals surface area contributed by atoms with Crippen LogP contribution in [0.3, 0.4) is 0 Å². The Hall–Kier alpha value is -4.97. The van der Waals surface area contributed by atoms with E-state index in [1.165, 1.54) is 0 Å². The van der Waals surface area contributed by atoms with Crippen LogP contribution in [0.15, 0.2) is 91.0 Å². The average molecular weight is 781 g/mol. The van der Waals surface area contributed by atoms with Gasteiger partial charge in [0.25, 0.3) is 5.91 Å². The largest absolute Gasteiger partial charge is 0.497 e. The zero-order valence-corrected chi connectivity index (χ0v) is 34.2. The Labute approximate surface area is 337 Å². The fourth-order valence-corrected chi connectivity index (χ4v) is 6.92. The van der Waals surface area contributed by atoms with E-state index in [1.807, 2.05) is 77.7 Å². The predicted octanol–water partition coefficient (Wildman–Crippen LogP) is 7.88. The van der Waals surface area contributed by atoms with Gasteiger partial charge in [0, 0.05) is 57.4 Å². The molecule has 1 saturated heterocycles. The molecule has 298 valence electrons. The third-order valence-corrected chi connectivity index (χ3v) is 10.5. The molecule has 2 amide bonds. The molecule has 0 radical (unpaired) electrons. The van der Waals surface area contributed by atoms with Gasteiger partial charge in [-0.25, -0.2) is 0 Å². The minimum Gasteiger partial charge on any atom is -0.497 e. The molecular weight excluding hydrogens is 725 g/mol. The van der Waals surface area contributed by atoms with Gasteiger partial charge in [-0.2, -0.15) is 0 Å². The number of carbonyl (C=O) groups is 2. The van der Waals surface area contributed by atoms with E-state index >= 15 is 0 Å². The summed E-state index contributed by atoms with van der Waals surface area (Å²) in [6.45, 7) is 7.27. The van der Waals surface area contributed by atoms with Gasteiger partial charge in [0.15, 0.2) is 0 Å². The van der Waals surface area contributed by atoms with E-state index in [0.717, 1.165) is 74.3 Å². The summed E-state index contributed by atoms with van der Waals surface area (Å²) in [5.74, 6) is 2.31. The Morgan fingerprint density at radius 1 is 0.857 bits per heavy atom. The van der Waals surface area contributed by atoms with Crippen molar-refractivity contribution >= 4 is 40.4 Å². The summed E-state index contributed by atoms with van der Waals surface area (Å²) in [5.41, 5.74) is 4.95. The van der Waals surface area contributed by atoms with Crippen molar-refractivity contribution in [1.82, 2.24) is 9.80 Å². The van der Waals surface area contributed by atoms with Gasteiger partial charge in [0.1, 0.15) is 22.2 Å². The topological polar surface area (TPSA) is 92.8 Å². The molecule has 0 spiro atoms. The summed E-state index contributed by atoms with van der Waals surface area (Å²) in [6, 6.07) is 28.8. The Balaban J connectivity index is 1.12. The highest BCUT2D eigenvalue weighted by Gasteiger charge is 2.21. The number of hydrogen-bond donors (Lipinski definition) is 1. The van der Waals surface area contributed by atoms with E-state index in [0.29, 0.717) is 65.6 Å². The Morgan fingerprint density at radius 2 is 1.59 bits per heavy atom. The number of likely N-dealkylation sites (N-methyl/N-ethyl adjacent to an activating group) is 1. The molecular formula is C45H56N4O6S. The van der Waals surface area contributed by atoms with Gasteiger partial charge in [0.05, 0.1) is 38.8 Å². The predicted molar refractivity (Wildman–Crippen MR) is 227 cm³/mol. The third-order valence-electron chi connectivity index (χ3n) is 10.2. The number of ether oxygens (including phenoxy) is 4.